The first-order valence-corrected chi connectivity index (χ1v) is 11.8. The molecule has 6 heteroatoms. The van der Waals surface area contributed by atoms with Crippen LogP contribution in [0.15, 0.2) is 72.3 Å². The highest BCUT2D eigenvalue weighted by molar-refractivity contribution is 6.51. The lowest BCUT2D eigenvalue weighted by atomic mass is 9.92. The summed E-state index contributed by atoms with van der Waals surface area (Å²) in [6, 6.07) is 18.6. The molecule has 1 saturated heterocycles. The number of hydrogen-bond acceptors (Lipinski definition) is 5. The van der Waals surface area contributed by atoms with Gasteiger partial charge in [-0.1, -0.05) is 47.5 Å². The van der Waals surface area contributed by atoms with Gasteiger partial charge in [-0.2, -0.15) is 0 Å². The zero-order valence-electron chi connectivity index (χ0n) is 21.0. The van der Waals surface area contributed by atoms with Crippen LogP contribution in [-0.4, -0.2) is 28.9 Å². The van der Waals surface area contributed by atoms with E-state index in [2.05, 4.69) is 0 Å². The van der Waals surface area contributed by atoms with Gasteiger partial charge >= 0.3 is 5.97 Å². The van der Waals surface area contributed by atoms with Crippen molar-refractivity contribution in [2.24, 2.45) is 0 Å². The fourth-order valence-electron chi connectivity index (χ4n) is 4.43. The van der Waals surface area contributed by atoms with Crippen LogP contribution in [0, 0.1) is 20.8 Å². The molecule has 6 nitrogen and oxygen atoms in total. The smallest absolute Gasteiger partial charge is 0.338 e. The van der Waals surface area contributed by atoms with Crippen molar-refractivity contribution in [3.8, 4) is 0 Å². The Kier molecular flexibility index (Phi) is 6.80. The van der Waals surface area contributed by atoms with Gasteiger partial charge in [-0.15, -0.1) is 0 Å². The van der Waals surface area contributed by atoms with Gasteiger partial charge in [-0.25, -0.2) is 4.79 Å². The second kappa shape index (κ2) is 9.82. The number of Topliss-reactive ketones (excluding diaryl/α,β-unsaturated/α-hetero) is 1. The van der Waals surface area contributed by atoms with Crippen molar-refractivity contribution in [2.45, 2.75) is 46.8 Å². The molecule has 1 aliphatic rings. The van der Waals surface area contributed by atoms with Gasteiger partial charge in [0.05, 0.1) is 23.3 Å². The summed E-state index contributed by atoms with van der Waals surface area (Å²) in [5.41, 5.74) is 4.69. The number of ketones is 1. The molecule has 0 saturated carbocycles. The van der Waals surface area contributed by atoms with Crippen molar-refractivity contribution in [1.29, 1.82) is 0 Å². The summed E-state index contributed by atoms with van der Waals surface area (Å²) in [5, 5.41) is 11.4. The van der Waals surface area contributed by atoms with E-state index < -0.39 is 23.7 Å². The second-order valence-electron chi connectivity index (χ2n) is 9.40. The van der Waals surface area contributed by atoms with Gasteiger partial charge in [0.1, 0.15) is 5.76 Å². The van der Waals surface area contributed by atoms with Crippen molar-refractivity contribution in [3.05, 3.63) is 106 Å². The van der Waals surface area contributed by atoms with Gasteiger partial charge in [0.25, 0.3) is 11.7 Å². The van der Waals surface area contributed by atoms with E-state index in [-0.39, 0.29) is 17.4 Å². The fourth-order valence-corrected chi connectivity index (χ4v) is 4.43. The number of benzene rings is 3. The first kappa shape index (κ1) is 24.9. The number of aliphatic hydroxyl groups is 1. The molecule has 0 aliphatic carbocycles. The van der Waals surface area contributed by atoms with Crippen LogP contribution in [0.3, 0.4) is 0 Å². The molecule has 3 aromatic carbocycles. The highest BCUT2D eigenvalue weighted by Crippen LogP contribution is 2.42. The Bertz CT molecular complexity index is 1380. The van der Waals surface area contributed by atoms with Gasteiger partial charge in [0.2, 0.25) is 0 Å². The molecule has 1 atom stereocenters. The zero-order valence-corrected chi connectivity index (χ0v) is 21.0. The first-order chi connectivity index (χ1) is 17.1. The lowest BCUT2D eigenvalue weighted by Gasteiger charge is -2.26. The third-order valence-electron chi connectivity index (χ3n) is 6.17. The molecular formula is C30H29NO5. The molecule has 1 unspecified atom stereocenters. The van der Waals surface area contributed by atoms with Crippen LogP contribution in [0.1, 0.15) is 58.1 Å². The van der Waals surface area contributed by atoms with Crippen LogP contribution in [-0.2, 0) is 14.3 Å². The van der Waals surface area contributed by atoms with Gasteiger partial charge in [-0.05, 0) is 76.1 Å². The van der Waals surface area contributed by atoms with Crippen molar-refractivity contribution < 1.29 is 24.2 Å². The molecule has 3 aromatic rings. The first-order valence-electron chi connectivity index (χ1n) is 11.8. The summed E-state index contributed by atoms with van der Waals surface area (Å²) in [6.07, 6.45) is -0.263. The maximum Gasteiger partial charge on any atom is 0.338 e. The molecule has 0 aromatic heterocycles. The number of carbonyl (C=O) groups excluding carboxylic acids is 3. The van der Waals surface area contributed by atoms with Gasteiger partial charge < -0.3 is 9.84 Å². The van der Waals surface area contributed by atoms with E-state index in [1.54, 1.807) is 44.2 Å². The Balaban J connectivity index is 1.88. The Morgan fingerprint density at radius 2 is 1.58 bits per heavy atom. The van der Waals surface area contributed by atoms with Crippen molar-refractivity contribution >= 4 is 29.1 Å². The lowest BCUT2D eigenvalue weighted by molar-refractivity contribution is -0.132. The minimum Gasteiger partial charge on any atom is -0.507 e. The molecule has 1 aliphatic heterocycles. The van der Waals surface area contributed by atoms with Crippen LogP contribution in [0.25, 0.3) is 5.76 Å². The number of carbonyl (C=O) groups is 3. The number of ether oxygens (including phenoxy) is 1. The van der Waals surface area contributed by atoms with E-state index >= 15 is 0 Å². The van der Waals surface area contributed by atoms with E-state index in [9.17, 15) is 19.5 Å². The summed E-state index contributed by atoms with van der Waals surface area (Å²) >= 11 is 0. The average molecular weight is 484 g/mol. The summed E-state index contributed by atoms with van der Waals surface area (Å²) < 4.78 is 5.25. The Hall–Kier alpha value is -4.19. The minimum atomic E-state index is -0.835. The molecule has 0 radical (unpaired) electrons. The fraction of sp³-hybridized carbons (Fsp3) is 0.233. The highest BCUT2D eigenvalue weighted by atomic mass is 16.5. The zero-order chi connectivity index (χ0) is 26.1. The Morgan fingerprint density at radius 1 is 0.917 bits per heavy atom. The number of aliphatic hydroxyl groups excluding tert-OH is 1. The standard InChI is InChI=1S/C30H29NO5/c1-17(2)36-30(35)21-11-13-23(14-12-21)31-26(22-8-6-7-18(3)15-22)25(28(33)29(31)34)27(32)24-16-19(4)9-10-20(24)5/h6-17,26,32H,1-5H3/b27-25+. The van der Waals surface area contributed by atoms with E-state index in [1.807, 2.05) is 57.2 Å². The topological polar surface area (TPSA) is 83.9 Å². The molecule has 4 rings (SSSR count). The van der Waals surface area contributed by atoms with E-state index in [4.69, 9.17) is 4.74 Å². The summed E-state index contributed by atoms with van der Waals surface area (Å²) in [6.45, 7) is 9.21. The Labute approximate surface area is 210 Å². The molecule has 36 heavy (non-hydrogen) atoms. The average Bonchev–Trinajstić information content (AvgIpc) is 3.10. The van der Waals surface area contributed by atoms with Crippen molar-refractivity contribution in [3.63, 3.8) is 0 Å². The van der Waals surface area contributed by atoms with E-state index in [0.29, 0.717) is 22.4 Å². The van der Waals surface area contributed by atoms with Gasteiger partial charge in [0, 0.05) is 11.3 Å². The predicted octanol–water partition coefficient (Wildman–Crippen LogP) is 5.80. The molecule has 1 fully saturated rings. The summed E-state index contributed by atoms with van der Waals surface area (Å²) in [7, 11) is 0. The van der Waals surface area contributed by atoms with Crippen molar-refractivity contribution in [1.82, 2.24) is 0 Å². The second-order valence-corrected chi connectivity index (χ2v) is 9.40. The Morgan fingerprint density at radius 3 is 2.22 bits per heavy atom. The number of aryl methyl sites for hydroxylation is 3. The number of amides is 1. The third kappa shape index (κ3) is 4.67. The van der Waals surface area contributed by atoms with Crippen LogP contribution in [0.2, 0.25) is 0 Å². The normalized spacial score (nSPS) is 17.1. The maximum absolute atomic E-state index is 13.4. The van der Waals surface area contributed by atoms with Crippen molar-refractivity contribution in [2.75, 3.05) is 4.90 Å². The van der Waals surface area contributed by atoms with Crippen LogP contribution in [0.4, 0.5) is 5.69 Å². The predicted molar refractivity (Wildman–Crippen MR) is 139 cm³/mol. The van der Waals surface area contributed by atoms with Crippen LogP contribution < -0.4 is 4.90 Å². The maximum atomic E-state index is 13.4. The lowest BCUT2D eigenvalue weighted by Crippen LogP contribution is -2.29. The molecule has 0 bridgehead atoms. The molecule has 184 valence electrons. The van der Waals surface area contributed by atoms with Crippen LogP contribution in [0.5, 0.6) is 0 Å². The highest BCUT2D eigenvalue weighted by Gasteiger charge is 2.47. The van der Waals surface area contributed by atoms with E-state index in [1.165, 1.54) is 4.90 Å². The third-order valence-corrected chi connectivity index (χ3v) is 6.17. The number of anilines is 1. The van der Waals surface area contributed by atoms with Crippen LogP contribution >= 0.6 is 0 Å². The molecule has 0 spiro atoms. The number of hydrogen-bond donors (Lipinski definition) is 1. The summed E-state index contributed by atoms with van der Waals surface area (Å²) in [4.78, 5) is 40.4. The molecular weight excluding hydrogens is 454 g/mol. The molecule has 1 heterocycles. The molecule has 1 N–H and O–H groups in total. The molecule has 1 amide bonds. The number of nitrogens with zero attached hydrogens (tertiary/aromatic N) is 1. The summed E-state index contributed by atoms with van der Waals surface area (Å²) in [5.74, 6) is -2.18. The van der Waals surface area contributed by atoms with Gasteiger partial charge in [0.15, 0.2) is 0 Å². The van der Waals surface area contributed by atoms with E-state index in [0.717, 1.165) is 16.7 Å². The quantitative estimate of drug-likeness (QED) is 0.214. The number of esters is 1. The minimum absolute atomic E-state index is 0.0302. The largest absolute Gasteiger partial charge is 0.507 e. The number of rotatable bonds is 5. The monoisotopic (exact) mass is 483 g/mol. The SMILES string of the molecule is Cc1cccc(C2/C(=C(\O)c3cc(C)ccc3C)C(=O)C(=O)N2c2ccc(C(=O)OC(C)C)cc2)c1. The van der Waals surface area contributed by atoms with Gasteiger partial charge in [-0.3, -0.25) is 14.5 Å².